The molecule has 0 aliphatic carbocycles. The van der Waals surface area contributed by atoms with Gasteiger partial charge in [0, 0.05) is 27.7 Å². The van der Waals surface area contributed by atoms with Crippen molar-refractivity contribution in [2.24, 2.45) is 0 Å². The molecule has 0 rings (SSSR count). The summed E-state index contributed by atoms with van der Waals surface area (Å²) in [7, 11) is 0. The lowest BCUT2D eigenvalue weighted by atomic mass is 10.1. The van der Waals surface area contributed by atoms with Crippen LogP contribution in [-0.2, 0) is 42.9 Å². The minimum absolute atomic E-state index is 0.221. The molecule has 22 heavy (non-hydrogen) atoms. The Bertz CT molecular complexity index is 443. The Kier molecular flexibility index (Phi) is 8.42. The van der Waals surface area contributed by atoms with Crippen molar-refractivity contribution in [2.75, 3.05) is 6.61 Å². The maximum Gasteiger partial charge on any atom is 0.303 e. The molecule has 0 spiro atoms. The molecule has 0 aromatic heterocycles. The Balaban J connectivity index is 5.35. The van der Waals surface area contributed by atoms with E-state index < -0.39 is 48.8 Å². The SMILES string of the molecule is CC(=O)OC[C@H](OC(C)=O)[C@@H](OC(C)=O)[C@H](C=O)OC(C)=O. The van der Waals surface area contributed by atoms with Gasteiger partial charge in [-0.3, -0.25) is 24.0 Å². The molecule has 0 heterocycles. The number of hydrogen-bond acceptors (Lipinski definition) is 9. The normalized spacial score (nSPS) is 14.0. The van der Waals surface area contributed by atoms with Crippen LogP contribution >= 0.6 is 0 Å². The monoisotopic (exact) mass is 318 g/mol. The zero-order chi connectivity index (χ0) is 17.3. The van der Waals surface area contributed by atoms with Gasteiger partial charge < -0.3 is 18.9 Å². The van der Waals surface area contributed by atoms with Gasteiger partial charge in [-0.1, -0.05) is 0 Å². The van der Waals surface area contributed by atoms with E-state index >= 15 is 0 Å². The summed E-state index contributed by atoms with van der Waals surface area (Å²) in [4.78, 5) is 55.2. The Morgan fingerprint density at radius 3 is 1.68 bits per heavy atom. The predicted octanol–water partition coefficient (Wildman–Crippen LogP) is -0.456. The molecule has 0 saturated heterocycles. The standard InChI is InChI=1S/C13H18O9/c1-7(15)19-6-12(21-9(3)17)13(22-10(4)18)11(5-14)20-8(2)16/h5,11-13H,6H2,1-4H3/t11-,12-,13-/m0/s1. The maximum atomic E-state index is 11.2. The van der Waals surface area contributed by atoms with Crippen LogP contribution in [0.3, 0.4) is 0 Å². The fourth-order valence-corrected chi connectivity index (χ4v) is 1.52. The molecular formula is C13H18O9. The number of esters is 4. The smallest absolute Gasteiger partial charge is 0.303 e. The van der Waals surface area contributed by atoms with E-state index in [1.165, 1.54) is 0 Å². The average Bonchev–Trinajstić information content (AvgIpc) is 2.37. The first-order valence-corrected chi connectivity index (χ1v) is 6.27. The third kappa shape index (κ3) is 7.98. The van der Waals surface area contributed by atoms with Crippen molar-refractivity contribution in [3.8, 4) is 0 Å². The van der Waals surface area contributed by atoms with Crippen LogP contribution in [0.25, 0.3) is 0 Å². The van der Waals surface area contributed by atoms with Gasteiger partial charge in [-0.05, 0) is 0 Å². The first kappa shape index (κ1) is 19.6. The Morgan fingerprint density at radius 1 is 0.818 bits per heavy atom. The summed E-state index contributed by atoms with van der Waals surface area (Å²) >= 11 is 0. The second kappa shape index (κ2) is 9.48. The second-order valence-corrected chi connectivity index (χ2v) is 4.23. The zero-order valence-corrected chi connectivity index (χ0v) is 12.7. The van der Waals surface area contributed by atoms with Gasteiger partial charge in [0.25, 0.3) is 0 Å². The fraction of sp³-hybridized carbons (Fsp3) is 0.615. The number of carbonyl (C=O) groups excluding carboxylic acids is 5. The molecule has 0 aliphatic heterocycles. The van der Waals surface area contributed by atoms with Gasteiger partial charge >= 0.3 is 23.9 Å². The van der Waals surface area contributed by atoms with E-state index in [4.69, 9.17) is 18.9 Å². The number of carbonyl (C=O) groups is 5. The van der Waals surface area contributed by atoms with Gasteiger partial charge in [-0.25, -0.2) is 0 Å². The maximum absolute atomic E-state index is 11.2. The van der Waals surface area contributed by atoms with Gasteiger partial charge in [-0.2, -0.15) is 0 Å². The summed E-state index contributed by atoms with van der Waals surface area (Å²) in [6.45, 7) is 3.83. The number of rotatable bonds is 8. The quantitative estimate of drug-likeness (QED) is 0.332. The summed E-state index contributed by atoms with van der Waals surface area (Å²) < 4.78 is 19.2. The van der Waals surface area contributed by atoms with E-state index in [1.807, 2.05) is 0 Å². The van der Waals surface area contributed by atoms with Crippen molar-refractivity contribution in [2.45, 2.75) is 46.0 Å². The molecule has 0 unspecified atom stereocenters. The zero-order valence-electron chi connectivity index (χ0n) is 12.7. The molecular weight excluding hydrogens is 300 g/mol. The predicted molar refractivity (Wildman–Crippen MR) is 69.4 cm³/mol. The third-order valence-electron chi connectivity index (χ3n) is 2.20. The number of hydrogen-bond donors (Lipinski definition) is 0. The largest absolute Gasteiger partial charge is 0.462 e. The van der Waals surface area contributed by atoms with Crippen molar-refractivity contribution >= 4 is 30.2 Å². The summed E-state index contributed by atoms with van der Waals surface area (Å²) in [5.74, 6) is -3.04. The van der Waals surface area contributed by atoms with Gasteiger partial charge in [0.15, 0.2) is 24.6 Å². The fourth-order valence-electron chi connectivity index (χ4n) is 1.52. The minimum Gasteiger partial charge on any atom is -0.462 e. The molecule has 0 aliphatic rings. The van der Waals surface area contributed by atoms with E-state index in [2.05, 4.69) is 0 Å². The van der Waals surface area contributed by atoms with Crippen molar-refractivity contribution in [3.05, 3.63) is 0 Å². The molecule has 0 aromatic rings. The average molecular weight is 318 g/mol. The van der Waals surface area contributed by atoms with E-state index in [9.17, 15) is 24.0 Å². The molecule has 0 N–H and O–H groups in total. The van der Waals surface area contributed by atoms with Crippen LogP contribution < -0.4 is 0 Å². The van der Waals surface area contributed by atoms with Crippen LogP contribution in [0.4, 0.5) is 0 Å². The van der Waals surface area contributed by atoms with Crippen LogP contribution in [0, 0.1) is 0 Å². The topological polar surface area (TPSA) is 122 Å². The highest BCUT2D eigenvalue weighted by molar-refractivity contribution is 5.72. The minimum atomic E-state index is -1.51. The molecule has 124 valence electrons. The molecule has 0 aromatic carbocycles. The van der Waals surface area contributed by atoms with Crippen LogP contribution in [0.15, 0.2) is 0 Å². The van der Waals surface area contributed by atoms with Crippen molar-refractivity contribution in [3.63, 3.8) is 0 Å². The molecule has 0 saturated carbocycles. The van der Waals surface area contributed by atoms with Gasteiger partial charge in [0.2, 0.25) is 0 Å². The van der Waals surface area contributed by atoms with E-state index in [1.54, 1.807) is 0 Å². The Morgan fingerprint density at radius 2 is 1.32 bits per heavy atom. The van der Waals surface area contributed by atoms with E-state index in [0.29, 0.717) is 0 Å². The number of aldehydes is 1. The second-order valence-electron chi connectivity index (χ2n) is 4.23. The lowest BCUT2D eigenvalue weighted by molar-refractivity contribution is -0.188. The van der Waals surface area contributed by atoms with Crippen LogP contribution in [-0.4, -0.2) is 55.1 Å². The summed E-state index contributed by atoms with van der Waals surface area (Å²) in [5.41, 5.74) is 0. The van der Waals surface area contributed by atoms with Gasteiger partial charge in [0.1, 0.15) is 6.61 Å². The van der Waals surface area contributed by atoms with E-state index in [0.717, 1.165) is 27.7 Å². The van der Waals surface area contributed by atoms with Crippen molar-refractivity contribution in [1.82, 2.24) is 0 Å². The highest BCUT2D eigenvalue weighted by atomic mass is 16.6. The summed E-state index contributed by atoms with van der Waals surface area (Å²) in [6.07, 6.45) is -4.04. The Hall–Kier alpha value is -2.45. The summed E-state index contributed by atoms with van der Waals surface area (Å²) in [5, 5.41) is 0. The first-order valence-electron chi connectivity index (χ1n) is 6.27. The van der Waals surface area contributed by atoms with Gasteiger partial charge in [0.05, 0.1) is 0 Å². The molecule has 0 radical (unpaired) electrons. The highest BCUT2D eigenvalue weighted by Crippen LogP contribution is 2.13. The highest BCUT2D eigenvalue weighted by Gasteiger charge is 2.37. The molecule has 3 atom stereocenters. The van der Waals surface area contributed by atoms with Crippen molar-refractivity contribution in [1.29, 1.82) is 0 Å². The summed E-state index contributed by atoms with van der Waals surface area (Å²) in [6, 6.07) is 0. The molecule has 0 bridgehead atoms. The molecule has 0 fully saturated rings. The molecule has 9 heteroatoms. The third-order valence-corrected chi connectivity index (χ3v) is 2.20. The number of ether oxygens (including phenoxy) is 4. The Labute approximate surface area is 126 Å². The van der Waals surface area contributed by atoms with Crippen molar-refractivity contribution < 1.29 is 42.9 Å². The molecule has 9 nitrogen and oxygen atoms in total. The van der Waals surface area contributed by atoms with E-state index in [-0.39, 0.29) is 6.29 Å². The van der Waals surface area contributed by atoms with Gasteiger partial charge in [-0.15, -0.1) is 0 Å². The first-order chi connectivity index (χ1) is 10.2. The van der Waals surface area contributed by atoms with Crippen LogP contribution in [0.5, 0.6) is 0 Å². The molecule has 0 amide bonds. The lowest BCUT2D eigenvalue weighted by Crippen LogP contribution is -2.48. The lowest BCUT2D eigenvalue weighted by Gasteiger charge is -2.28. The van der Waals surface area contributed by atoms with Crippen LogP contribution in [0.2, 0.25) is 0 Å². The van der Waals surface area contributed by atoms with Crippen LogP contribution in [0.1, 0.15) is 27.7 Å².